The van der Waals surface area contributed by atoms with E-state index in [0.717, 1.165) is 25.2 Å². The SMILES string of the molecule is CCCCCCCCc1ccccc1C(O)CCCCC(C)CC. The van der Waals surface area contributed by atoms with Gasteiger partial charge >= 0.3 is 0 Å². The van der Waals surface area contributed by atoms with Crippen LogP contribution >= 0.6 is 0 Å². The van der Waals surface area contributed by atoms with Gasteiger partial charge in [-0.1, -0.05) is 103 Å². The van der Waals surface area contributed by atoms with Crippen LogP contribution in [0, 0.1) is 5.92 Å². The summed E-state index contributed by atoms with van der Waals surface area (Å²) in [7, 11) is 0. The van der Waals surface area contributed by atoms with Crippen molar-refractivity contribution in [1.82, 2.24) is 0 Å². The Labute approximate surface area is 150 Å². The number of aliphatic hydroxyl groups is 1. The first-order valence-electron chi connectivity index (χ1n) is 10.4. The Morgan fingerprint density at radius 1 is 0.833 bits per heavy atom. The molecule has 1 heteroatoms. The van der Waals surface area contributed by atoms with Gasteiger partial charge in [0.2, 0.25) is 0 Å². The van der Waals surface area contributed by atoms with E-state index in [-0.39, 0.29) is 6.10 Å². The van der Waals surface area contributed by atoms with Crippen molar-refractivity contribution in [3.8, 4) is 0 Å². The monoisotopic (exact) mass is 332 g/mol. The van der Waals surface area contributed by atoms with Crippen LogP contribution in [0.15, 0.2) is 24.3 Å². The number of benzene rings is 1. The zero-order valence-corrected chi connectivity index (χ0v) is 16.4. The molecule has 1 nitrogen and oxygen atoms in total. The number of hydrogen-bond donors (Lipinski definition) is 1. The summed E-state index contributed by atoms with van der Waals surface area (Å²) in [5, 5.41) is 10.6. The number of aliphatic hydroxyl groups excluding tert-OH is 1. The molecule has 0 spiro atoms. The van der Waals surface area contributed by atoms with Gasteiger partial charge in [0.05, 0.1) is 6.10 Å². The van der Waals surface area contributed by atoms with Crippen molar-refractivity contribution in [3.05, 3.63) is 35.4 Å². The third-order valence-corrected chi connectivity index (χ3v) is 5.34. The molecular formula is C23H40O. The predicted molar refractivity (Wildman–Crippen MR) is 106 cm³/mol. The lowest BCUT2D eigenvalue weighted by atomic mass is 9.93. The molecule has 0 aliphatic rings. The molecule has 24 heavy (non-hydrogen) atoms. The number of unbranched alkanes of at least 4 members (excludes halogenated alkanes) is 6. The highest BCUT2D eigenvalue weighted by Crippen LogP contribution is 2.25. The van der Waals surface area contributed by atoms with Crippen LogP contribution in [0.3, 0.4) is 0 Å². The van der Waals surface area contributed by atoms with Crippen LogP contribution in [0.5, 0.6) is 0 Å². The van der Waals surface area contributed by atoms with Gasteiger partial charge in [0, 0.05) is 0 Å². The predicted octanol–water partition coefficient (Wildman–Crippen LogP) is 7.23. The Bertz CT molecular complexity index is 412. The summed E-state index contributed by atoms with van der Waals surface area (Å²) in [4.78, 5) is 0. The topological polar surface area (TPSA) is 20.2 Å². The van der Waals surface area contributed by atoms with Crippen molar-refractivity contribution in [3.63, 3.8) is 0 Å². The zero-order valence-electron chi connectivity index (χ0n) is 16.4. The molecule has 0 radical (unpaired) electrons. The van der Waals surface area contributed by atoms with Crippen LogP contribution in [0.25, 0.3) is 0 Å². The molecule has 0 fully saturated rings. The molecule has 0 aromatic heterocycles. The molecule has 2 unspecified atom stereocenters. The molecule has 1 aromatic carbocycles. The summed E-state index contributed by atoms with van der Waals surface area (Å²) in [5.41, 5.74) is 2.54. The van der Waals surface area contributed by atoms with E-state index in [9.17, 15) is 5.11 Å². The molecule has 0 saturated heterocycles. The maximum absolute atomic E-state index is 10.6. The molecule has 0 aliphatic heterocycles. The van der Waals surface area contributed by atoms with Gasteiger partial charge in [-0.15, -0.1) is 0 Å². The van der Waals surface area contributed by atoms with Crippen LogP contribution < -0.4 is 0 Å². The Morgan fingerprint density at radius 2 is 1.50 bits per heavy atom. The van der Waals surface area contributed by atoms with Crippen LogP contribution in [0.4, 0.5) is 0 Å². The molecular weight excluding hydrogens is 292 g/mol. The second-order valence-corrected chi connectivity index (χ2v) is 7.53. The minimum Gasteiger partial charge on any atom is -0.388 e. The third-order valence-electron chi connectivity index (χ3n) is 5.34. The third kappa shape index (κ3) is 8.87. The van der Waals surface area contributed by atoms with Gasteiger partial charge < -0.3 is 5.11 Å². The first-order chi connectivity index (χ1) is 11.7. The highest BCUT2D eigenvalue weighted by Gasteiger charge is 2.12. The van der Waals surface area contributed by atoms with Crippen molar-refractivity contribution < 1.29 is 5.11 Å². The summed E-state index contributed by atoms with van der Waals surface area (Å²) in [6, 6.07) is 8.53. The van der Waals surface area contributed by atoms with E-state index in [4.69, 9.17) is 0 Å². The molecule has 1 N–H and O–H groups in total. The Hall–Kier alpha value is -0.820. The average Bonchev–Trinajstić information content (AvgIpc) is 2.61. The van der Waals surface area contributed by atoms with Gasteiger partial charge in [-0.25, -0.2) is 0 Å². The maximum atomic E-state index is 10.6. The van der Waals surface area contributed by atoms with Gasteiger partial charge in [0.15, 0.2) is 0 Å². The molecule has 0 heterocycles. The van der Waals surface area contributed by atoms with Gasteiger partial charge in [0.25, 0.3) is 0 Å². The quantitative estimate of drug-likeness (QED) is 0.356. The van der Waals surface area contributed by atoms with E-state index in [1.807, 2.05) is 0 Å². The lowest BCUT2D eigenvalue weighted by molar-refractivity contribution is 0.161. The first kappa shape index (κ1) is 21.2. The molecule has 0 amide bonds. The number of hydrogen-bond acceptors (Lipinski definition) is 1. The molecule has 1 aromatic rings. The molecule has 138 valence electrons. The summed E-state index contributed by atoms with van der Waals surface area (Å²) in [6.07, 6.45) is 14.7. The first-order valence-corrected chi connectivity index (χ1v) is 10.4. The Kier molecular flexibility index (Phi) is 11.9. The summed E-state index contributed by atoms with van der Waals surface area (Å²) in [5.74, 6) is 0.821. The van der Waals surface area contributed by atoms with Crippen molar-refractivity contribution in [2.45, 2.75) is 104 Å². The lowest BCUT2D eigenvalue weighted by Crippen LogP contribution is -2.03. The van der Waals surface area contributed by atoms with Crippen molar-refractivity contribution in [1.29, 1.82) is 0 Å². The average molecular weight is 333 g/mol. The molecule has 0 aliphatic carbocycles. The van der Waals surface area contributed by atoms with E-state index in [1.165, 1.54) is 68.9 Å². The second kappa shape index (κ2) is 13.5. The maximum Gasteiger partial charge on any atom is 0.0792 e. The number of aryl methyl sites for hydroxylation is 1. The van der Waals surface area contributed by atoms with Crippen LogP contribution in [-0.2, 0) is 6.42 Å². The fourth-order valence-electron chi connectivity index (χ4n) is 3.37. The number of rotatable bonds is 14. The highest BCUT2D eigenvalue weighted by atomic mass is 16.3. The smallest absolute Gasteiger partial charge is 0.0792 e. The van der Waals surface area contributed by atoms with Crippen LogP contribution in [0.1, 0.15) is 109 Å². The van der Waals surface area contributed by atoms with E-state index in [2.05, 4.69) is 45.0 Å². The van der Waals surface area contributed by atoms with Crippen LogP contribution in [-0.4, -0.2) is 5.11 Å². The Morgan fingerprint density at radius 3 is 2.25 bits per heavy atom. The van der Waals surface area contributed by atoms with E-state index < -0.39 is 0 Å². The van der Waals surface area contributed by atoms with Crippen molar-refractivity contribution >= 4 is 0 Å². The molecule has 0 saturated carbocycles. The van der Waals surface area contributed by atoms with Gasteiger partial charge in [-0.05, 0) is 36.3 Å². The lowest BCUT2D eigenvalue weighted by Gasteiger charge is -2.16. The molecule has 0 bridgehead atoms. The van der Waals surface area contributed by atoms with E-state index in [0.29, 0.717) is 0 Å². The van der Waals surface area contributed by atoms with Crippen molar-refractivity contribution in [2.24, 2.45) is 5.92 Å². The molecule has 1 rings (SSSR count). The van der Waals surface area contributed by atoms with E-state index >= 15 is 0 Å². The summed E-state index contributed by atoms with van der Waals surface area (Å²) < 4.78 is 0. The zero-order chi connectivity index (χ0) is 17.6. The molecule has 2 atom stereocenters. The summed E-state index contributed by atoms with van der Waals surface area (Å²) in [6.45, 7) is 6.85. The van der Waals surface area contributed by atoms with E-state index in [1.54, 1.807) is 0 Å². The van der Waals surface area contributed by atoms with Crippen molar-refractivity contribution in [2.75, 3.05) is 0 Å². The van der Waals surface area contributed by atoms with Crippen LogP contribution in [0.2, 0.25) is 0 Å². The minimum absolute atomic E-state index is 0.279. The summed E-state index contributed by atoms with van der Waals surface area (Å²) >= 11 is 0. The van der Waals surface area contributed by atoms with Gasteiger partial charge in [0.1, 0.15) is 0 Å². The standard InChI is InChI=1S/C23H40O/c1-4-6-7-8-9-10-16-21-17-12-13-18-22(21)23(24)19-14-11-15-20(3)5-2/h12-13,17-18,20,23-24H,4-11,14-16,19H2,1-3H3. The minimum atomic E-state index is -0.279. The second-order valence-electron chi connectivity index (χ2n) is 7.53. The van der Waals surface area contributed by atoms with Gasteiger partial charge in [-0.3, -0.25) is 0 Å². The largest absolute Gasteiger partial charge is 0.388 e. The fraction of sp³-hybridized carbons (Fsp3) is 0.739. The van der Waals surface area contributed by atoms with Gasteiger partial charge in [-0.2, -0.15) is 0 Å². The Balaban J connectivity index is 2.35. The highest BCUT2D eigenvalue weighted by molar-refractivity contribution is 5.29. The normalized spacial score (nSPS) is 13.8. The fourth-order valence-corrected chi connectivity index (χ4v) is 3.37.